The highest BCUT2D eigenvalue weighted by atomic mass is 16.5. The lowest BCUT2D eigenvalue weighted by Gasteiger charge is -2.10. The molecule has 5 nitrogen and oxygen atoms in total. The van der Waals surface area contributed by atoms with Crippen molar-refractivity contribution in [2.24, 2.45) is 0 Å². The molecule has 5 heteroatoms. The lowest BCUT2D eigenvalue weighted by atomic mass is 10.2. The van der Waals surface area contributed by atoms with Crippen LogP contribution in [-0.2, 0) is 6.61 Å². The van der Waals surface area contributed by atoms with Gasteiger partial charge in [0.05, 0.1) is 18.1 Å². The Balaban J connectivity index is 1.81. The van der Waals surface area contributed by atoms with Gasteiger partial charge in [0, 0.05) is 11.8 Å². The highest BCUT2D eigenvalue weighted by molar-refractivity contribution is 5.78. The molecule has 0 saturated carbocycles. The Labute approximate surface area is 128 Å². The van der Waals surface area contributed by atoms with Crippen molar-refractivity contribution in [3.8, 4) is 11.5 Å². The third-order valence-electron chi connectivity index (χ3n) is 3.36. The summed E-state index contributed by atoms with van der Waals surface area (Å²) in [6, 6.07) is 13.3. The fourth-order valence-electron chi connectivity index (χ4n) is 2.15. The third kappa shape index (κ3) is 2.93. The van der Waals surface area contributed by atoms with Gasteiger partial charge in [0.15, 0.2) is 11.6 Å². The van der Waals surface area contributed by atoms with Crippen LogP contribution in [0.5, 0.6) is 11.5 Å². The van der Waals surface area contributed by atoms with Crippen molar-refractivity contribution >= 4 is 16.9 Å². The molecule has 2 aromatic heterocycles. The number of anilines is 1. The number of rotatable bonds is 4. The van der Waals surface area contributed by atoms with Crippen LogP contribution in [0, 0.1) is 6.92 Å². The zero-order valence-electron chi connectivity index (χ0n) is 12.5. The maximum atomic E-state index is 5.95. The first-order chi connectivity index (χ1) is 10.7. The van der Waals surface area contributed by atoms with E-state index in [9.17, 15) is 0 Å². The summed E-state index contributed by atoms with van der Waals surface area (Å²) >= 11 is 0. The first kappa shape index (κ1) is 14.1. The van der Waals surface area contributed by atoms with Crippen LogP contribution in [0.25, 0.3) is 11.0 Å². The molecule has 0 unspecified atom stereocenters. The molecule has 0 aliphatic rings. The van der Waals surface area contributed by atoms with Crippen LogP contribution in [0.15, 0.2) is 42.5 Å². The number of benzene rings is 1. The number of aryl methyl sites for hydroxylation is 1. The normalized spacial score (nSPS) is 10.6. The van der Waals surface area contributed by atoms with Gasteiger partial charge >= 0.3 is 0 Å². The predicted molar refractivity (Wildman–Crippen MR) is 86.0 cm³/mol. The zero-order valence-corrected chi connectivity index (χ0v) is 12.5. The Morgan fingerprint density at radius 2 is 1.77 bits per heavy atom. The van der Waals surface area contributed by atoms with Crippen LogP contribution in [-0.4, -0.2) is 17.1 Å². The molecule has 1 aromatic carbocycles. The van der Waals surface area contributed by atoms with Crippen LogP contribution in [0.3, 0.4) is 0 Å². The molecule has 0 aliphatic heterocycles. The molecule has 3 aromatic rings. The second-order valence-electron chi connectivity index (χ2n) is 5.00. The van der Waals surface area contributed by atoms with Crippen molar-refractivity contribution in [3.05, 3.63) is 53.7 Å². The van der Waals surface area contributed by atoms with E-state index in [-0.39, 0.29) is 0 Å². The molecule has 3 rings (SSSR count). The fraction of sp³-hybridized carbons (Fsp3) is 0.176. The maximum absolute atomic E-state index is 5.95. The molecule has 2 heterocycles. The van der Waals surface area contributed by atoms with Crippen molar-refractivity contribution in [3.63, 3.8) is 0 Å². The van der Waals surface area contributed by atoms with E-state index in [0.717, 1.165) is 28.0 Å². The van der Waals surface area contributed by atoms with Crippen LogP contribution >= 0.6 is 0 Å². The summed E-state index contributed by atoms with van der Waals surface area (Å²) in [6.45, 7) is 2.35. The number of hydrogen-bond donors (Lipinski definition) is 1. The smallest absolute Gasteiger partial charge is 0.166 e. The van der Waals surface area contributed by atoms with Gasteiger partial charge in [-0.2, -0.15) is 0 Å². The minimum atomic E-state index is 0.367. The highest BCUT2D eigenvalue weighted by Crippen LogP contribution is 2.25. The van der Waals surface area contributed by atoms with E-state index < -0.39 is 0 Å². The highest BCUT2D eigenvalue weighted by Gasteiger charge is 2.07. The summed E-state index contributed by atoms with van der Waals surface area (Å²) in [5.41, 5.74) is 9.45. The second kappa shape index (κ2) is 5.89. The summed E-state index contributed by atoms with van der Waals surface area (Å²) < 4.78 is 10.9. The van der Waals surface area contributed by atoms with Gasteiger partial charge in [-0.25, -0.2) is 4.98 Å². The van der Waals surface area contributed by atoms with Crippen molar-refractivity contribution in [1.82, 2.24) is 9.97 Å². The maximum Gasteiger partial charge on any atom is 0.166 e. The van der Waals surface area contributed by atoms with E-state index in [2.05, 4.69) is 9.97 Å². The molecule has 0 bridgehead atoms. The van der Waals surface area contributed by atoms with Gasteiger partial charge in [-0.05, 0) is 36.8 Å². The summed E-state index contributed by atoms with van der Waals surface area (Å²) in [5.74, 6) is 1.73. The predicted octanol–water partition coefficient (Wildman–Crippen LogP) is 3.11. The molecule has 0 fully saturated rings. The van der Waals surface area contributed by atoms with Gasteiger partial charge in [0.2, 0.25) is 0 Å². The lowest BCUT2D eigenvalue weighted by Crippen LogP contribution is -2.01. The van der Waals surface area contributed by atoms with E-state index in [1.807, 2.05) is 49.4 Å². The summed E-state index contributed by atoms with van der Waals surface area (Å²) in [4.78, 5) is 8.77. The summed E-state index contributed by atoms with van der Waals surface area (Å²) in [7, 11) is 1.64. The van der Waals surface area contributed by atoms with E-state index in [1.54, 1.807) is 7.11 Å². The average Bonchev–Trinajstić information content (AvgIpc) is 2.54. The molecule has 0 radical (unpaired) electrons. The van der Waals surface area contributed by atoms with Crippen LogP contribution < -0.4 is 15.2 Å². The molecular formula is C17H17N3O2. The molecule has 0 aliphatic carbocycles. The number of hydrogen-bond acceptors (Lipinski definition) is 5. The quantitative estimate of drug-likeness (QED) is 0.801. The fourth-order valence-corrected chi connectivity index (χ4v) is 2.15. The van der Waals surface area contributed by atoms with E-state index >= 15 is 0 Å². The lowest BCUT2D eigenvalue weighted by molar-refractivity contribution is 0.307. The standard InChI is InChI=1S/C17H17N3O2/c1-11-3-8-14-15(19-11)9-16(17(18)20-14)22-10-12-4-6-13(21-2)7-5-12/h3-9H,10H2,1-2H3,(H2,18,20). The van der Waals surface area contributed by atoms with Gasteiger partial charge in [-0.15, -0.1) is 0 Å². The number of ether oxygens (including phenoxy) is 2. The van der Waals surface area contributed by atoms with Gasteiger partial charge in [0.1, 0.15) is 12.4 Å². The number of fused-ring (bicyclic) bond motifs is 1. The van der Waals surface area contributed by atoms with Gasteiger partial charge in [-0.3, -0.25) is 4.98 Å². The molecule has 22 heavy (non-hydrogen) atoms. The summed E-state index contributed by atoms with van der Waals surface area (Å²) in [5, 5.41) is 0. The number of aromatic nitrogens is 2. The topological polar surface area (TPSA) is 70.3 Å². The van der Waals surface area contributed by atoms with Crippen molar-refractivity contribution in [2.75, 3.05) is 12.8 Å². The van der Waals surface area contributed by atoms with E-state index in [1.165, 1.54) is 0 Å². The number of nitrogen functional groups attached to an aromatic ring is 1. The van der Waals surface area contributed by atoms with Gasteiger partial charge in [0.25, 0.3) is 0 Å². The van der Waals surface area contributed by atoms with Crippen LogP contribution in [0.4, 0.5) is 5.82 Å². The number of nitrogens with zero attached hydrogens (tertiary/aromatic N) is 2. The molecule has 0 saturated heterocycles. The van der Waals surface area contributed by atoms with Crippen molar-refractivity contribution in [2.45, 2.75) is 13.5 Å². The summed E-state index contributed by atoms with van der Waals surface area (Å²) in [6.07, 6.45) is 0. The third-order valence-corrected chi connectivity index (χ3v) is 3.36. The number of methoxy groups -OCH3 is 1. The molecule has 0 spiro atoms. The van der Waals surface area contributed by atoms with Crippen LogP contribution in [0.2, 0.25) is 0 Å². The minimum Gasteiger partial charge on any atom is -0.497 e. The first-order valence-electron chi connectivity index (χ1n) is 6.95. The Morgan fingerprint density at radius 3 is 2.50 bits per heavy atom. The van der Waals surface area contributed by atoms with Crippen molar-refractivity contribution < 1.29 is 9.47 Å². The van der Waals surface area contributed by atoms with E-state index in [0.29, 0.717) is 18.2 Å². The Bertz CT molecular complexity index is 801. The second-order valence-corrected chi connectivity index (χ2v) is 5.00. The number of pyridine rings is 2. The first-order valence-corrected chi connectivity index (χ1v) is 6.95. The molecule has 2 N–H and O–H groups in total. The molecule has 112 valence electrons. The monoisotopic (exact) mass is 295 g/mol. The van der Waals surface area contributed by atoms with Gasteiger partial charge in [-0.1, -0.05) is 12.1 Å². The number of nitrogens with two attached hydrogens (primary N) is 1. The average molecular weight is 295 g/mol. The van der Waals surface area contributed by atoms with Gasteiger partial charge < -0.3 is 15.2 Å². The SMILES string of the molecule is COc1ccc(COc2cc3nc(C)ccc3nc2N)cc1. The molecular weight excluding hydrogens is 278 g/mol. The van der Waals surface area contributed by atoms with Crippen molar-refractivity contribution in [1.29, 1.82) is 0 Å². The zero-order chi connectivity index (χ0) is 15.5. The van der Waals surface area contributed by atoms with E-state index in [4.69, 9.17) is 15.2 Å². The molecule has 0 amide bonds. The Morgan fingerprint density at radius 1 is 1.00 bits per heavy atom. The minimum absolute atomic E-state index is 0.367. The molecule has 0 atom stereocenters. The largest absolute Gasteiger partial charge is 0.497 e. The van der Waals surface area contributed by atoms with Crippen LogP contribution in [0.1, 0.15) is 11.3 Å². The Kier molecular flexibility index (Phi) is 3.78. The Hall–Kier alpha value is -2.82.